The molecule has 0 unspecified atom stereocenters. The Kier molecular flexibility index (Phi) is 5.04. The van der Waals surface area contributed by atoms with Gasteiger partial charge in [-0.2, -0.15) is 0 Å². The van der Waals surface area contributed by atoms with Crippen LogP contribution in [0, 0.1) is 6.92 Å². The number of benzene rings is 1. The number of carbonyl (C=O) groups is 2. The van der Waals surface area contributed by atoms with Crippen LogP contribution in [-0.2, 0) is 4.74 Å². The molecule has 2 amide bonds. The third kappa shape index (κ3) is 3.84. The van der Waals surface area contributed by atoms with Crippen molar-refractivity contribution in [2.45, 2.75) is 38.6 Å². The maximum Gasteiger partial charge on any atom is 0.414 e. The van der Waals surface area contributed by atoms with E-state index >= 15 is 0 Å². The molecule has 3 aliphatic rings. The lowest BCUT2D eigenvalue weighted by atomic mass is 10.1. The van der Waals surface area contributed by atoms with Gasteiger partial charge in [0.05, 0.1) is 6.04 Å². The summed E-state index contributed by atoms with van der Waals surface area (Å²) >= 11 is 0. The summed E-state index contributed by atoms with van der Waals surface area (Å²) in [5.41, 5.74) is 3.98. The van der Waals surface area contributed by atoms with Crippen molar-refractivity contribution in [3.05, 3.63) is 53.2 Å². The van der Waals surface area contributed by atoms with Crippen LogP contribution in [0.25, 0.3) is 0 Å². The molecule has 5 rings (SSSR count). The molecule has 1 atom stereocenters. The third-order valence-electron chi connectivity index (χ3n) is 6.39. The van der Waals surface area contributed by atoms with Crippen molar-refractivity contribution in [1.82, 2.24) is 9.88 Å². The molecule has 3 heterocycles. The number of aryl methyl sites for hydroxylation is 1. The third-order valence-corrected chi connectivity index (χ3v) is 6.39. The highest BCUT2D eigenvalue weighted by atomic mass is 16.6. The van der Waals surface area contributed by atoms with E-state index in [1.54, 1.807) is 17.0 Å². The Bertz CT molecular complexity index is 994. The predicted molar refractivity (Wildman–Crippen MR) is 119 cm³/mol. The Hall–Kier alpha value is -3.09. The van der Waals surface area contributed by atoms with Gasteiger partial charge in [-0.25, -0.2) is 9.78 Å². The van der Waals surface area contributed by atoms with Gasteiger partial charge in [0.25, 0.3) is 5.91 Å². The minimum atomic E-state index is -0.335. The normalized spacial score (nSPS) is 21.4. The minimum Gasteiger partial charge on any atom is -0.447 e. The van der Waals surface area contributed by atoms with Gasteiger partial charge in [0.1, 0.15) is 12.4 Å². The van der Waals surface area contributed by atoms with Gasteiger partial charge in [0.15, 0.2) is 0 Å². The van der Waals surface area contributed by atoms with Crippen LogP contribution in [0.3, 0.4) is 0 Å². The summed E-state index contributed by atoms with van der Waals surface area (Å²) in [6.07, 6.45) is 4.11. The summed E-state index contributed by atoms with van der Waals surface area (Å²) in [6, 6.07) is 9.52. The predicted octanol–water partition coefficient (Wildman–Crippen LogP) is 3.57. The summed E-state index contributed by atoms with van der Waals surface area (Å²) in [4.78, 5) is 35.5. The van der Waals surface area contributed by atoms with Gasteiger partial charge in [-0.3, -0.25) is 9.69 Å². The first-order chi connectivity index (χ1) is 15.0. The number of pyridine rings is 1. The first-order valence-corrected chi connectivity index (χ1v) is 11.1. The summed E-state index contributed by atoms with van der Waals surface area (Å²) in [6.45, 7) is 7.36. The summed E-state index contributed by atoms with van der Waals surface area (Å²) in [7, 11) is 0. The second-order valence-electron chi connectivity index (χ2n) is 8.82. The van der Waals surface area contributed by atoms with Gasteiger partial charge in [-0.15, -0.1) is 0 Å². The van der Waals surface area contributed by atoms with E-state index in [0.717, 1.165) is 24.6 Å². The summed E-state index contributed by atoms with van der Waals surface area (Å²) in [5.74, 6) is 1.77. The number of anilines is 2. The topological polar surface area (TPSA) is 66.0 Å². The van der Waals surface area contributed by atoms with Gasteiger partial charge in [0, 0.05) is 43.6 Å². The Morgan fingerprint density at radius 1 is 1.10 bits per heavy atom. The van der Waals surface area contributed by atoms with Crippen LogP contribution in [0.2, 0.25) is 0 Å². The van der Waals surface area contributed by atoms with E-state index < -0.39 is 0 Å². The second kappa shape index (κ2) is 7.87. The molecule has 1 aromatic heterocycles. The monoisotopic (exact) mass is 420 g/mol. The van der Waals surface area contributed by atoms with Crippen molar-refractivity contribution in [2.24, 2.45) is 0 Å². The molecule has 2 saturated heterocycles. The largest absolute Gasteiger partial charge is 0.447 e. The Labute approximate surface area is 182 Å². The molecule has 1 aliphatic carbocycles. The highest BCUT2D eigenvalue weighted by molar-refractivity contribution is 5.96. The molecule has 2 aliphatic heterocycles. The number of nitrogens with zero attached hydrogens (tertiary/aromatic N) is 4. The van der Waals surface area contributed by atoms with Crippen LogP contribution in [0.15, 0.2) is 36.5 Å². The van der Waals surface area contributed by atoms with Crippen molar-refractivity contribution in [1.29, 1.82) is 0 Å². The zero-order chi connectivity index (χ0) is 21.5. The molecule has 0 N–H and O–H groups in total. The molecule has 0 radical (unpaired) electrons. The standard InChI is InChI=1S/C24H28N4O3/c1-16-13-21(18-3-4-18)22(25-14-16)26-9-11-27(12-10-26)23(29)19-5-7-20(8-6-19)28-17(2)15-31-24(28)30/h5-8,13-14,17-18H,3-4,9-12,15H2,1-2H3/t17-/m1/s1. The smallest absolute Gasteiger partial charge is 0.414 e. The summed E-state index contributed by atoms with van der Waals surface area (Å²) in [5, 5.41) is 0. The van der Waals surface area contributed by atoms with Gasteiger partial charge in [-0.05, 0) is 68.0 Å². The number of aromatic nitrogens is 1. The fourth-order valence-corrected chi connectivity index (χ4v) is 4.49. The van der Waals surface area contributed by atoms with E-state index in [4.69, 9.17) is 9.72 Å². The van der Waals surface area contributed by atoms with Crippen molar-refractivity contribution in [3.63, 3.8) is 0 Å². The Morgan fingerprint density at radius 3 is 2.42 bits per heavy atom. The number of cyclic esters (lactones) is 1. The van der Waals surface area contributed by atoms with Crippen LogP contribution in [0.5, 0.6) is 0 Å². The highest BCUT2D eigenvalue weighted by Gasteiger charge is 2.32. The fraction of sp³-hybridized carbons (Fsp3) is 0.458. The van der Waals surface area contributed by atoms with Gasteiger partial charge in [0.2, 0.25) is 0 Å². The molecular weight excluding hydrogens is 392 g/mol. The van der Waals surface area contributed by atoms with E-state index in [2.05, 4.69) is 17.9 Å². The Morgan fingerprint density at radius 2 is 1.81 bits per heavy atom. The zero-order valence-electron chi connectivity index (χ0n) is 18.1. The maximum atomic E-state index is 13.0. The number of hydrogen-bond acceptors (Lipinski definition) is 5. The van der Waals surface area contributed by atoms with E-state index in [0.29, 0.717) is 31.2 Å². The molecule has 1 aromatic carbocycles. The average Bonchev–Trinajstić information content (AvgIpc) is 3.58. The number of rotatable bonds is 4. The minimum absolute atomic E-state index is 0.00181. The number of hydrogen-bond donors (Lipinski definition) is 0. The summed E-state index contributed by atoms with van der Waals surface area (Å²) < 4.78 is 5.09. The molecule has 0 bridgehead atoms. The van der Waals surface area contributed by atoms with Gasteiger partial charge >= 0.3 is 6.09 Å². The van der Waals surface area contributed by atoms with Gasteiger partial charge < -0.3 is 14.5 Å². The molecule has 7 nitrogen and oxygen atoms in total. The van der Waals surface area contributed by atoms with Gasteiger partial charge in [-0.1, -0.05) is 6.07 Å². The molecule has 2 aromatic rings. The van der Waals surface area contributed by atoms with E-state index in [1.807, 2.05) is 30.2 Å². The van der Waals surface area contributed by atoms with Crippen LogP contribution in [0.1, 0.15) is 47.2 Å². The Balaban J connectivity index is 1.24. The molecule has 0 spiro atoms. The molecule has 31 heavy (non-hydrogen) atoms. The number of amides is 2. The van der Waals surface area contributed by atoms with Crippen molar-refractivity contribution in [3.8, 4) is 0 Å². The van der Waals surface area contributed by atoms with Crippen LogP contribution in [-0.4, -0.2) is 60.7 Å². The molecule has 162 valence electrons. The van der Waals surface area contributed by atoms with Crippen molar-refractivity contribution >= 4 is 23.5 Å². The fourth-order valence-electron chi connectivity index (χ4n) is 4.49. The van der Waals surface area contributed by atoms with Crippen molar-refractivity contribution in [2.75, 3.05) is 42.6 Å². The van der Waals surface area contributed by atoms with Crippen LogP contribution >= 0.6 is 0 Å². The first kappa shape index (κ1) is 19.8. The van der Waals surface area contributed by atoms with Crippen LogP contribution in [0.4, 0.5) is 16.3 Å². The maximum absolute atomic E-state index is 13.0. The average molecular weight is 421 g/mol. The van der Waals surface area contributed by atoms with Crippen molar-refractivity contribution < 1.29 is 14.3 Å². The van der Waals surface area contributed by atoms with Crippen LogP contribution < -0.4 is 9.80 Å². The zero-order valence-corrected chi connectivity index (χ0v) is 18.1. The van der Waals surface area contributed by atoms with E-state index in [1.165, 1.54) is 24.0 Å². The molecule has 3 fully saturated rings. The lowest BCUT2D eigenvalue weighted by Gasteiger charge is -2.36. The van der Waals surface area contributed by atoms with E-state index in [9.17, 15) is 9.59 Å². The molecule has 1 saturated carbocycles. The second-order valence-corrected chi connectivity index (χ2v) is 8.82. The SMILES string of the molecule is Cc1cnc(N2CCN(C(=O)c3ccc(N4C(=O)OC[C@H]4C)cc3)CC2)c(C2CC2)c1. The van der Waals surface area contributed by atoms with E-state index in [-0.39, 0.29) is 18.0 Å². The number of piperazine rings is 1. The molecular formula is C24H28N4O3. The lowest BCUT2D eigenvalue weighted by molar-refractivity contribution is 0.0746. The lowest BCUT2D eigenvalue weighted by Crippen LogP contribution is -2.49. The molecule has 7 heteroatoms. The quantitative estimate of drug-likeness (QED) is 0.757. The number of carbonyl (C=O) groups excluding carboxylic acids is 2. The first-order valence-electron chi connectivity index (χ1n) is 11.1. The number of ether oxygens (including phenoxy) is 1. The highest BCUT2D eigenvalue weighted by Crippen LogP contribution is 2.44.